The van der Waals surface area contributed by atoms with Gasteiger partial charge in [0.15, 0.2) is 6.17 Å². The maximum atomic E-state index is 5.07. The van der Waals surface area contributed by atoms with E-state index < -0.39 is 0 Å². The third-order valence-corrected chi connectivity index (χ3v) is 7.79. The number of amidine groups is 2. The van der Waals surface area contributed by atoms with Crippen molar-refractivity contribution in [3.05, 3.63) is 136 Å². The molecule has 0 radical (unpaired) electrons. The fourth-order valence-electron chi connectivity index (χ4n) is 5.39. The molecule has 5 heteroatoms. The molecule has 1 aliphatic heterocycles. The van der Waals surface area contributed by atoms with Gasteiger partial charge in [-0.15, -0.1) is 0 Å². The summed E-state index contributed by atoms with van der Waals surface area (Å²) in [7, 11) is 0. The summed E-state index contributed by atoms with van der Waals surface area (Å²) in [6.07, 6.45) is 6.05. The van der Waals surface area contributed by atoms with Gasteiger partial charge < -0.3 is 9.88 Å². The van der Waals surface area contributed by atoms with Gasteiger partial charge in [-0.3, -0.25) is 0 Å². The Hall–Kier alpha value is -4.22. The van der Waals surface area contributed by atoms with Crippen LogP contribution < -0.4 is 5.32 Å². The fraction of sp³-hybridized carbons (Fsp3) is 0.0909. The molecule has 4 nitrogen and oxygen atoms in total. The summed E-state index contributed by atoms with van der Waals surface area (Å²) in [5.74, 6) is 1.69. The minimum atomic E-state index is -0.263. The van der Waals surface area contributed by atoms with Crippen LogP contribution in [0.15, 0.2) is 135 Å². The minimum absolute atomic E-state index is 0.263. The van der Waals surface area contributed by atoms with Crippen molar-refractivity contribution in [2.45, 2.75) is 19.0 Å². The highest BCUT2D eigenvalue weighted by molar-refractivity contribution is 9.10. The molecule has 0 bridgehead atoms. The molecule has 184 valence electrons. The van der Waals surface area contributed by atoms with Gasteiger partial charge in [0.05, 0.1) is 11.0 Å². The van der Waals surface area contributed by atoms with Gasteiger partial charge in [0.25, 0.3) is 0 Å². The van der Waals surface area contributed by atoms with E-state index in [4.69, 9.17) is 9.98 Å². The average molecular weight is 557 g/mol. The number of allylic oxidation sites excluding steroid dienone is 3. The number of hydrogen-bond acceptors (Lipinski definition) is 3. The predicted octanol–water partition coefficient (Wildman–Crippen LogP) is 7.94. The van der Waals surface area contributed by atoms with Crippen LogP contribution in [0.3, 0.4) is 0 Å². The van der Waals surface area contributed by atoms with E-state index >= 15 is 0 Å². The number of fused-ring (bicyclic) bond motifs is 3. The number of benzene rings is 4. The molecular weight excluding hydrogens is 532 g/mol. The zero-order chi connectivity index (χ0) is 25.5. The lowest BCUT2D eigenvalue weighted by molar-refractivity contribution is 0.738. The summed E-state index contributed by atoms with van der Waals surface area (Å²) in [5, 5.41) is 6.06. The summed E-state index contributed by atoms with van der Waals surface area (Å²) in [6, 6.07) is 35.9. The monoisotopic (exact) mass is 556 g/mol. The molecule has 0 saturated heterocycles. The summed E-state index contributed by atoms with van der Waals surface area (Å²) in [4.78, 5) is 10.1. The SMILES string of the molecule is Brc1ccc(C2=NC(C3=CC=C(n4c5ccccc5c5ccccc54)CC3)N=C(c3ccccc3)N2)cc1. The van der Waals surface area contributed by atoms with Crippen LogP contribution in [0.1, 0.15) is 24.0 Å². The number of nitrogens with zero attached hydrogens (tertiary/aromatic N) is 3. The first-order valence-corrected chi connectivity index (χ1v) is 13.7. The normalized spacial score (nSPS) is 17.4. The molecule has 0 fully saturated rings. The standard InChI is InChI=1S/C33H25BrN4/c34-25-18-14-23(15-19-25)32-35-31(22-8-2-1-3-9-22)36-33(37-32)24-16-20-26(21-17-24)38-29-12-6-4-10-27(29)28-11-5-7-13-30(28)38/h1-16,18-20,33H,17,21H2,(H,35,36,37). The molecule has 0 saturated carbocycles. The van der Waals surface area contributed by atoms with Crippen molar-refractivity contribution < 1.29 is 0 Å². The fourth-order valence-corrected chi connectivity index (χ4v) is 5.65. The van der Waals surface area contributed by atoms with Crippen molar-refractivity contribution in [1.29, 1.82) is 0 Å². The zero-order valence-corrected chi connectivity index (χ0v) is 22.3. The van der Waals surface area contributed by atoms with E-state index in [9.17, 15) is 0 Å². The Morgan fingerprint density at radius 3 is 1.82 bits per heavy atom. The molecule has 1 aliphatic carbocycles. The lowest BCUT2D eigenvalue weighted by Crippen LogP contribution is -2.38. The molecule has 7 rings (SSSR count). The topological polar surface area (TPSA) is 41.7 Å². The number of para-hydroxylation sites is 2. The zero-order valence-electron chi connectivity index (χ0n) is 20.7. The molecule has 2 heterocycles. The third-order valence-electron chi connectivity index (χ3n) is 7.26. The van der Waals surface area contributed by atoms with E-state index in [1.807, 2.05) is 30.3 Å². The second-order valence-corrected chi connectivity index (χ2v) is 10.5. The summed E-state index contributed by atoms with van der Waals surface area (Å²) >= 11 is 3.54. The van der Waals surface area contributed by atoms with E-state index in [2.05, 4.69) is 111 Å². The average Bonchev–Trinajstić information content (AvgIpc) is 3.32. The molecule has 0 amide bonds. The second kappa shape index (κ2) is 9.58. The molecule has 38 heavy (non-hydrogen) atoms. The number of nitrogens with one attached hydrogen (secondary N) is 1. The smallest absolute Gasteiger partial charge is 0.166 e. The van der Waals surface area contributed by atoms with Crippen molar-refractivity contribution in [1.82, 2.24) is 9.88 Å². The third kappa shape index (κ3) is 4.09. The first-order chi connectivity index (χ1) is 18.7. The summed E-state index contributed by atoms with van der Waals surface area (Å²) < 4.78 is 3.46. The van der Waals surface area contributed by atoms with Crippen molar-refractivity contribution in [2.75, 3.05) is 0 Å². The van der Waals surface area contributed by atoms with E-state index in [0.717, 1.165) is 40.1 Å². The Morgan fingerprint density at radius 1 is 0.632 bits per heavy atom. The molecule has 4 aromatic carbocycles. The van der Waals surface area contributed by atoms with Crippen LogP contribution in [-0.4, -0.2) is 22.4 Å². The molecule has 1 atom stereocenters. The molecular formula is C33H25BrN4. The molecule has 2 aliphatic rings. The summed E-state index contributed by atoms with van der Waals surface area (Å²) in [5.41, 5.74) is 7.11. The summed E-state index contributed by atoms with van der Waals surface area (Å²) in [6.45, 7) is 0. The largest absolute Gasteiger partial charge is 0.324 e. The minimum Gasteiger partial charge on any atom is -0.324 e. The van der Waals surface area contributed by atoms with Gasteiger partial charge in [-0.05, 0) is 48.8 Å². The predicted molar refractivity (Wildman–Crippen MR) is 162 cm³/mol. The van der Waals surface area contributed by atoms with Crippen LogP contribution in [0.25, 0.3) is 27.5 Å². The van der Waals surface area contributed by atoms with Crippen LogP contribution in [0.4, 0.5) is 0 Å². The van der Waals surface area contributed by atoms with Crippen LogP contribution >= 0.6 is 15.9 Å². The van der Waals surface area contributed by atoms with Gasteiger partial charge in [-0.1, -0.05) is 101 Å². The van der Waals surface area contributed by atoms with Crippen LogP contribution in [0.2, 0.25) is 0 Å². The first-order valence-electron chi connectivity index (χ1n) is 12.9. The van der Waals surface area contributed by atoms with E-state index in [0.29, 0.717) is 0 Å². The number of hydrogen-bond donors (Lipinski definition) is 1. The van der Waals surface area contributed by atoms with Gasteiger partial charge in [0.2, 0.25) is 0 Å². The maximum Gasteiger partial charge on any atom is 0.166 e. The van der Waals surface area contributed by atoms with Crippen molar-refractivity contribution in [3.8, 4) is 0 Å². The van der Waals surface area contributed by atoms with Crippen molar-refractivity contribution in [2.24, 2.45) is 9.98 Å². The van der Waals surface area contributed by atoms with Crippen molar-refractivity contribution >= 4 is 55.1 Å². The van der Waals surface area contributed by atoms with Gasteiger partial charge in [-0.2, -0.15) is 0 Å². The molecule has 1 unspecified atom stereocenters. The lowest BCUT2D eigenvalue weighted by atomic mass is 9.99. The highest BCUT2D eigenvalue weighted by Crippen LogP contribution is 2.35. The van der Waals surface area contributed by atoms with Gasteiger partial charge >= 0.3 is 0 Å². The number of aromatic nitrogens is 1. The van der Waals surface area contributed by atoms with Gasteiger partial charge in [-0.25, -0.2) is 9.98 Å². The number of rotatable bonds is 4. The Morgan fingerprint density at radius 2 is 1.21 bits per heavy atom. The first kappa shape index (κ1) is 22.9. The van der Waals surface area contributed by atoms with Crippen LogP contribution in [-0.2, 0) is 0 Å². The van der Waals surface area contributed by atoms with Gasteiger partial charge in [0.1, 0.15) is 11.7 Å². The van der Waals surface area contributed by atoms with E-state index in [1.165, 1.54) is 33.1 Å². The highest BCUT2D eigenvalue weighted by Gasteiger charge is 2.24. The van der Waals surface area contributed by atoms with Crippen LogP contribution in [0, 0.1) is 0 Å². The molecule has 5 aromatic rings. The highest BCUT2D eigenvalue weighted by atomic mass is 79.9. The lowest BCUT2D eigenvalue weighted by Gasteiger charge is -2.25. The molecule has 0 spiro atoms. The Kier molecular flexibility index (Phi) is 5.78. The van der Waals surface area contributed by atoms with E-state index in [1.54, 1.807) is 0 Å². The Labute approximate surface area is 229 Å². The van der Waals surface area contributed by atoms with Gasteiger partial charge in [0, 0.05) is 32.1 Å². The second-order valence-electron chi connectivity index (χ2n) is 9.60. The maximum absolute atomic E-state index is 5.07. The van der Waals surface area contributed by atoms with Crippen LogP contribution in [0.5, 0.6) is 0 Å². The Bertz CT molecular complexity index is 1740. The van der Waals surface area contributed by atoms with E-state index in [-0.39, 0.29) is 6.17 Å². The van der Waals surface area contributed by atoms with Crippen molar-refractivity contribution in [3.63, 3.8) is 0 Å². The molecule has 1 aromatic heterocycles. The molecule has 1 N–H and O–H groups in total. The Balaban J connectivity index is 1.30. The number of halogens is 1. The quantitative estimate of drug-likeness (QED) is 0.240. The number of aliphatic imine (C=N–C) groups is 2.